The first kappa shape index (κ1) is 15.6. The van der Waals surface area contributed by atoms with Crippen molar-refractivity contribution in [2.75, 3.05) is 20.2 Å². The summed E-state index contributed by atoms with van der Waals surface area (Å²) in [7, 11) is 1.69. The number of nitrogens with zero attached hydrogens (tertiary/aromatic N) is 2. The minimum absolute atomic E-state index is 0.00354. The Hall–Kier alpha value is -1.91. The molecule has 0 saturated carbocycles. The van der Waals surface area contributed by atoms with Crippen LogP contribution >= 0.6 is 0 Å². The molecule has 2 unspecified atom stereocenters. The zero-order valence-electron chi connectivity index (χ0n) is 14.2. The Morgan fingerprint density at radius 2 is 2.29 bits per heavy atom. The molecular formula is C20H25N3O. The molecule has 2 aromatic rings. The molecule has 4 heteroatoms. The molecule has 5 atom stereocenters. The van der Waals surface area contributed by atoms with Crippen LogP contribution in [0.2, 0.25) is 0 Å². The van der Waals surface area contributed by atoms with Gasteiger partial charge in [0, 0.05) is 30.2 Å². The Morgan fingerprint density at radius 3 is 3.00 bits per heavy atom. The number of hydrogen-bond acceptors (Lipinski definition) is 4. The molecule has 126 valence electrons. The highest BCUT2D eigenvalue weighted by Crippen LogP contribution is 2.41. The summed E-state index contributed by atoms with van der Waals surface area (Å²) >= 11 is 0. The van der Waals surface area contributed by atoms with Gasteiger partial charge in [0.1, 0.15) is 5.75 Å². The van der Waals surface area contributed by atoms with Gasteiger partial charge in [-0.15, -0.1) is 6.58 Å². The lowest BCUT2D eigenvalue weighted by Crippen LogP contribution is -2.56. The van der Waals surface area contributed by atoms with Crippen molar-refractivity contribution in [2.45, 2.75) is 24.9 Å². The Balaban J connectivity index is 1.69. The van der Waals surface area contributed by atoms with Crippen LogP contribution in [-0.2, 0) is 0 Å². The number of hydrogen-bond donors (Lipinski definition) is 1. The van der Waals surface area contributed by atoms with Gasteiger partial charge >= 0.3 is 0 Å². The van der Waals surface area contributed by atoms with Gasteiger partial charge in [-0.2, -0.15) is 0 Å². The van der Waals surface area contributed by atoms with Crippen molar-refractivity contribution >= 4 is 10.9 Å². The number of benzene rings is 1. The third kappa shape index (κ3) is 2.50. The van der Waals surface area contributed by atoms with Crippen LogP contribution in [0.25, 0.3) is 10.9 Å². The van der Waals surface area contributed by atoms with E-state index in [0.717, 1.165) is 42.1 Å². The smallest absolute Gasteiger partial charge is 0.119 e. The monoisotopic (exact) mass is 323 g/mol. The summed E-state index contributed by atoms with van der Waals surface area (Å²) in [6.07, 6.45) is 6.43. The van der Waals surface area contributed by atoms with Crippen LogP contribution in [0.15, 0.2) is 43.1 Å². The Kier molecular flexibility index (Phi) is 4.02. The lowest BCUT2D eigenvalue weighted by molar-refractivity contribution is 0.00749. The summed E-state index contributed by atoms with van der Waals surface area (Å²) in [4.78, 5) is 7.04. The number of ether oxygens (including phenoxy) is 1. The standard InChI is InChI=1S/C20H25N3O/c1-3-13-12-23-9-7-14(13)10-19(23)20(21)16-6-8-22-18-5-4-15(24-2)11-17(16)18/h3-6,8,11,13-14,19-20H,1,7,9-10,12,21H2,2H3/t13-,14-,19?,20-/m0/s1. The number of methoxy groups -OCH3 is 1. The van der Waals surface area contributed by atoms with E-state index in [0.29, 0.717) is 12.0 Å². The molecule has 0 radical (unpaired) electrons. The fraction of sp³-hybridized carbons (Fsp3) is 0.450. The molecule has 4 nitrogen and oxygen atoms in total. The van der Waals surface area contributed by atoms with E-state index >= 15 is 0 Å². The summed E-state index contributed by atoms with van der Waals surface area (Å²) in [5.41, 5.74) is 8.91. The van der Waals surface area contributed by atoms with Gasteiger partial charge in [-0.05, 0) is 61.1 Å². The van der Waals surface area contributed by atoms with E-state index in [1.807, 2.05) is 18.3 Å². The van der Waals surface area contributed by atoms with Gasteiger partial charge in [0.2, 0.25) is 0 Å². The minimum atomic E-state index is -0.00354. The predicted molar refractivity (Wildman–Crippen MR) is 97.0 cm³/mol. The molecule has 1 aromatic heterocycles. The van der Waals surface area contributed by atoms with E-state index in [1.165, 1.54) is 12.0 Å². The van der Waals surface area contributed by atoms with Crippen LogP contribution in [0.4, 0.5) is 0 Å². The minimum Gasteiger partial charge on any atom is -0.497 e. The largest absolute Gasteiger partial charge is 0.497 e. The first-order chi connectivity index (χ1) is 11.7. The molecular weight excluding hydrogens is 298 g/mol. The van der Waals surface area contributed by atoms with Crippen LogP contribution in [0.5, 0.6) is 5.75 Å². The Morgan fingerprint density at radius 1 is 1.42 bits per heavy atom. The molecule has 3 saturated heterocycles. The van der Waals surface area contributed by atoms with Crippen molar-refractivity contribution in [3.05, 3.63) is 48.7 Å². The van der Waals surface area contributed by atoms with E-state index in [2.05, 4.69) is 34.7 Å². The summed E-state index contributed by atoms with van der Waals surface area (Å²) in [6, 6.07) is 8.48. The van der Waals surface area contributed by atoms with Crippen LogP contribution in [-0.4, -0.2) is 36.1 Å². The summed E-state index contributed by atoms with van der Waals surface area (Å²) in [6.45, 7) is 6.26. The summed E-state index contributed by atoms with van der Waals surface area (Å²) < 4.78 is 5.39. The number of fused-ring (bicyclic) bond motifs is 4. The van der Waals surface area contributed by atoms with Gasteiger partial charge in [-0.3, -0.25) is 9.88 Å². The van der Waals surface area contributed by atoms with Gasteiger partial charge < -0.3 is 10.5 Å². The molecule has 3 aliphatic heterocycles. The molecule has 2 bridgehead atoms. The number of rotatable bonds is 4. The van der Waals surface area contributed by atoms with Crippen molar-refractivity contribution in [3.63, 3.8) is 0 Å². The van der Waals surface area contributed by atoms with Crippen molar-refractivity contribution < 1.29 is 4.74 Å². The second-order valence-corrected chi connectivity index (χ2v) is 7.06. The van der Waals surface area contributed by atoms with Crippen LogP contribution in [0.1, 0.15) is 24.4 Å². The van der Waals surface area contributed by atoms with E-state index in [1.54, 1.807) is 7.11 Å². The SMILES string of the molecule is C=C[C@H]1CN2CC[C@H]1CC2[C@@H](N)c1ccnc2ccc(OC)cc12. The molecule has 0 amide bonds. The van der Waals surface area contributed by atoms with Crippen molar-refractivity contribution in [2.24, 2.45) is 17.6 Å². The molecule has 0 aliphatic carbocycles. The van der Waals surface area contributed by atoms with Gasteiger partial charge in [-0.1, -0.05) is 6.08 Å². The maximum Gasteiger partial charge on any atom is 0.119 e. The zero-order chi connectivity index (χ0) is 16.7. The third-order valence-corrected chi connectivity index (χ3v) is 5.91. The number of pyridine rings is 1. The first-order valence-corrected chi connectivity index (χ1v) is 8.76. The van der Waals surface area contributed by atoms with Gasteiger partial charge in [-0.25, -0.2) is 0 Å². The summed E-state index contributed by atoms with van der Waals surface area (Å²) in [5.74, 6) is 2.20. The highest BCUT2D eigenvalue weighted by molar-refractivity contribution is 5.84. The number of aromatic nitrogens is 1. The van der Waals surface area contributed by atoms with Crippen LogP contribution in [0, 0.1) is 11.8 Å². The molecule has 3 fully saturated rings. The van der Waals surface area contributed by atoms with Gasteiger partial charge in [0.15, 0.2) is 0 Å². The third-order valence-electron chi connectivity index (χ3n) is 5.91. The molecule has 3 aliphatic rings. The zero-order valence-corrected chi connectivity index (χ0v) is 14.2. The van der Waals surface area contributed by atoms with Crippen molar-refractivity contribution in [3.8, 4) is 5.75 Å². The maximum absolute atomic E-state index is 6.76. The normalized spacial score (nSPS) is 30.2. The number of nitrogens with two attached hydrogens (primary N) is 1. The van der Waals surface area contributed by atoms with Crippen LogP contribution in [0.3, 0.4) is 0 Å². The molecule has 24 heavy (non-hydrogen) atoms. The molecule has 5 rings (SSSR count). The fourth-order valence-electron chi connectivity index (χ4n) is 4.52. The first-order valence-electron chi connectivity index (χ1n) is 8.76. The summed E-state index contributed by atoms with van der Waals surface area (Å²) in [5, 5.41) is 1.10. The van der Waals surface area contributed by atoms with Crippen LogP contribution < -0.4 is 10.5 Å². The highest BCUT2D eigenvalue weighted by atomic mass is 16.5. The van der Waals surface area contributed by atoms with Gasteiger partial charge in [0.25, 0.3) is 0 Å². The number of piperidine rings is 3. The lowest BCUT2D eigenvalue weighted by atomic mass is 9.73. The topological polar surface area (TPSA) is 51.4 Å². The quantitative estimate of drug-likeness (QED) is 0.878. The predicted octanol–water partition coefficient (Wildman–Crippen LogP) is 3.14. The molecule has 1 aromatic carbocycles. The van der Waals surface area contributed by atoms with E-state index in [9.17, 15) is 0 Å². The van der Waals surface area contributed by atoms with E-state index in [-0.39, 0.29) is 6.04 Å². The lowest BCUT2D eigenvalue weighted by Gasteiger charge is -2.51. The highest BCUT2D eigenvalue weighted by Gasteiger charge is 2.41. The average Bonchev–Trinajstić information content (AvgIpc) is 2.66. The van der Waals surface area contributed by atoms with Crippen molar-refractivity contribution in [1.82, 2.24) is 9.88 Å². The molecule has 0 spiro atoms. The van der Waals surface area contributed by atoms with Gasteiger partial charge in [0.05, 0.1) is 12.6 Å². The Labute approximate surface area is 143 Å². The average molecular weight is 323 g/mol. The van der Waals surface area contributed by atoms with E-state index < -0.39 is 0 Å². The molecule has 2 N–H and O–H groups in total. The Bertz CT molecular complexity index is 760. The molecule has 4 heterocycles. The van der Waals surface area contributed by atoms with Crippen molar-refractivity contribution in [1.29, 1.82) is 0 Å². The second kappa shape index (κ2) is 6.19. The van der Waals surface area contributed by atoms with E-state index in [4.69, 9.17) is 10.5 Å². The maximum atomic E-state index is 6.76. The fourth-order valence-corrected chi connectivity index (χ4v) is 4.52. The second-order valence-electron chi connectivity index (χ2n) is 7.06.